The van der Waals surface area contributed by atoms with Gasteiger partial charge in [0.05, 0.1) is 37.9 Å². The van der Waals surface area contributed by atoms with Crippen LogP contribution in [-0.2, 0) is 25.6 Å². The molecular weight excluding hydrogens is 308 g/mol. The standard InChI is InChI=1S/C18H26N2O4/c1-22-11-4-17(21)20-9-5-18(6-10-20)12-16(14-24-18)23-13-15-2-7-19-8-3-15/h2-3,7-8,16H,4-6,9-14H2,1H3/t16-/m0/s1. The van der Waals surface area contributed by atoms with Crippen molar-refractivity contribution in [1.29, 1.82) is 0 Å². The number of methoxy groups -OCH3 is 1. The summed E-state index contributed by atoms with van der Waals surface area (Å²) < 4.78 is 17.1. The van der Waals surface area contributed by atoms with Crippen molar-refractivity contribution in [3.63, 3.8) is 0 Å². The third-order valence-electron chi connectivity index (χ3n) is 4.96. The Balaban J connectivity index is 1.43. The fourth-order valence-corrected chi connectivity index (χ4v) is 3.46. The average Bonchev–Trinajstić information content (AvgIpc) is 3.02. The molecule has 2 saturated heterocycles. The number of amides is 1. The van der Waals surface area contributed by atoms with E-state index in [1.165, 1.54) is 0 Å². The fraction of sp³-hybridized carbons (Fsp3) is 0.667. The maximum Gasteiger partial charge on any atom is 0.224 e. The predicted molar refractivity (Wildman–Crippen MR) is 88.4 cm³/mol. The topological polar surface area (TPSA) is 60.9 Å². The van der Waals surface area contributed by atoms with Crippen LogP contribution in [0.3, 0.4) is 0 Å². The second-order valence-corrected chi connectivity index (χ2v) is 6.61. The number of hydrogen-bond acceptors (Lipinski definition) is 5. The van der Waals surface area contributed by atoms with Gasteiger partial charge in [-0.25, -0.2) is 0 Å². The third kappa shape index (κ3) is 4.32. The van der Waals surface area contributed by atoms with Gasteiger partial charge in [0.2, 0.25) is 5.91 Å². The van der Waals surface area contributed by atoms with Gasteiger partial charge < -0.3 is 19.1 Å². The molecule has 1 aromatic rings. The van der Waals surface area contributed by atoms with Gasteiger partial charge in [0.1, 0.15) is 0 Å². The van der Waals surface area contributed by atoms with Crippen LogP contribution in [0.15, 0.2) is 24.5 Å². The Morgan fingerprint density at radius 3 is 2.83 bits per heavy atom. The van der Waals surface area contributed by atoms with Crippen molar-refractivity contribution in [2.45, 2.75) is 44.0 Å². The highest BCUT2D eigenvalue weighted by Crippen LogP contribution is 2.37. The lowest BCUT2D eigenvalue weighted by Gasteiger charge is -2.38. The molecule has 1 amide bonds. The number of carbonyl (C=O) groups is 1. The highest BCUT2D eigenvalue weighted by atomic mass is 16.6. The summed E-state index contributed by atoms with van der Waals surface area (Å²) in [6.45, 7) is 3.25. The molecule has 0 radical (unpaired) electrons. The molecule has 0 unspecified atom stereocenters. The van der Waals surface area contributed by atoms with Gasteiger partial charge in [-0.05, 0) is 30.5 Å². The Morgan fingerprint density at radius 2 is 2.12 bits per heavy atom. The van der Waals surface area contributed by atoms with Gasteiger partial charge in [-0.15, -0.1) is 0 Å². The molecule has 3 heterocycles. The SMILES string of the molecule is COCCC(=O)N1CCC2(CC1)C[C@H](OCc1ccncc1)CO2. The van der Waals surface area contributed by atoms with Crippen LogP contribution in [0.25, 0.3) is 0 Å². The molecule has 24 heavy (non-hydrogen) atoms. The summed E-state index contributed by atoms with van der Waals surface area (Å²) in [5.74, 6) is 0.176. The summed E-state index contributed by atoms with van der Waals surface area (Å²) in [6, 6.07) is 3.94. The van der Waals surface area contributed by atoms with Crippen LogP contribution in [-0.4, -0.2) is 60.9 Å². The summed E-state index contributed by atoms with van der Waals surface area (Å²) >= 11 is 0. The Bertz CT molecular complexity index is 529. The molecule has 0 saturated carbocycles. The van der Waals surface area contributed by atoms with Gasteiger partial charge in [-0.1, -0.05) is 0 Å². The van der Waals surface area contributed by atoms with Crippen molar-refractivity contribution in [3.05, 3.63) is 30.1 Å². The number of nitrogens with zero attached hydrogens (tertiary/aromatic N) is 2. The van der Waals surface area contributed by atoms with Crippen molar-refractivity contribution < 1.29 is 19.0 Å². The number of pyridine rings is 1. The molecule has 3 rings (SSSR count). The molecule has 2 aliphatic rings. The molecule has 2 aliphatic heterocycles. The Labute approximate surface area is 143 Å². The third-order valence-corrected chi connectivity index (χ3v) is 4.96. The van der Waals surface area contributed by atoms with Crippen LogP contribution in [0, 0.1) is 0 Å². The first kappa shape index (κ1) is 17.3. The summed E-state index contributed by atoms with van der Waals surface area (Å²) in [6.07, 6.45) is 6.85. The molecule has 1 atom stereocenters. The molecule has 1 spiro atoms. The monoisotopic (exact) mass is 334 g/mol. The van der Waals surface area contributed by atoms with E-state index >= 15 is 0 Å². The molecule has 0 bridgehead atoms. The van der Waals surface area contributed by atoms with E-state index < -0.39 is 0 Å². The van der Waals surface area contributed by atoms with Crippen LogP contribution in [0.5, 0.6) is 0 Å². The summed E-state index contributed by atoms with van der Waals surface area (Å²) in [7, 11) is 1.62. The molecule has 0 aliphatic carbocycles. The van der Waals surface area contributed by atoms with Crippen LogP contribution < -0.4 is 0 Å². The van der Waals surface area contributed by atoms with E-state index in [9.17, 15) is 4.79 Å². The fourth-order valence-electron chi connectivity index (χ4n) is 3.46. The summed E-state index contributed by atoms with van der Waals surface area (Å²) in [5, 5.41) is 0. The molecular formula is C18H26N2O4. The van der Waals surface area contributed by atoms with Crippen LogP contribution in [0.4, 0.5) is 0 Å². The normalized spacial score (nSPS) is 22.9. The minimum absolute atomic E-state index is 0.110. The van der Waals surface area contributed by atoms with Gasteiger partial charge in [-0.2, -0.15) is 0 Å². The zero-order valence-corrected chi connectivity index (χ0v) is 14.3. The molecule has 2 fully saturated rings. The maximum absolute atomic E-state index is 12.1. The van der Waals surface area contributed by atoms with E-state index in [1.807, 2.05) is 17.0 Å². The highest BCUT2D eigenvalue weighted by Gasteiger charge is 2.43. The van der Waals surface area contributed by atoms with Gasteiger partial charge in [0, 0.05) is 39.0 Å². The van der Waals surface area contributed by atoms with Crippen molar-refractivity contribution in [2.24, 2.45) is 0 Å². The second-order valence-electron chi connectivity index (χ2n) is 6.61. The summed E-state index contributed by atoms with van der Waals surface area (Å²) in [5.41, 5.74) is 1.02. The highest BCUT2D eigenvalue weighted by molar-refractivity contribution is 5.76. The van der Waals surface area contributed by atoms with Crippen LogP contribution in [0.2, 0.25) is 0 Å². The molecule has 1 aromatic heterocycles. The van der Waals surface area contributed by atoms with Crippen molar-refractivity contribution in [1.82, 2.24) is 9.88 Å². The lowest BCUT2D eigenvalue weighted by atomic mass is 9.88. The number of carbonyl (C=O) groups excluding carboxylic acids is 1. The Morgan fingerprint density at radius 1 is 1.38 bits per heavy atom. The average molecular weight is 334 g/mol. The van der Waals surface area contributed by atoms with Gasteiger partial charge >= 0.3 is 0 Å². The van der Waals surface area contributed by atoms with Crippen molar-refractivity contribution >= 4 is 5.91 Å². The van der Waals surface area contributed by atoms with Crippen molar-refractivity contribution in [2.75, 3.05) is 33.4 Å². The number of rotatable bonds is 6. The number of ether oxygens (including phenoxy) is 3. The van der Waals surface area contributed by atoms with E-state index in [1.54, 1.807) is 19.5 Å². The van der Waals surface area contributed by atoms with E-state index in [4.69, 9.17) is 14.2 Å². The molecule has 6 nitrogen and oxygen atoms in total. The molecule has 0 N–H and O–H groups in total. The number of likely N-dealkylation sites (tertiary alicyclic amines) is 1. The minimum atomic E-state index is -0.110. The summed E-state index contributed by atoms with van der Waals surface area (Å²) in [4.78, 5) is 18.0. The van der Waals surface area contributed by atoms with Crippen molar-refractivity contribution in [3.8, 4) is 0 Å². The van der Waals surface area contributed by atoms with Gasteiger partial charge in [-0.3, -0.25) is 9.78 Å². The van der Waals surface area contributed by atoms with Gasteiger partial charge in [0.15, 0.2) is 0 Å². The lowest BCUT2D eigenvalue weighted by molar-refractivity contribution is -0.136. The maximum atomic E-state index is 12.1. The largest absolute Gasteiger partial charge is 0.384 e. The Kier molecular flexibility index (Phi) is 5.81. The number of aromatic nitrogens is 1. The number of piperidine rings is 1. The van der Waals surface area contributed by atoms with E-state index in [2.05, 4.69) is 4.98 Å². The first-order chi connectivity index (χ1) is 11.7. The smallest absolute Gasteiger partial charge is 0.224 e. The van der Waals surface area contributed by atoms with E-state index in [0.29, 0.717) is 26.2 Å². The molecule has 132 valence electrons. The second kappa shape index (κ2) is 8.05. The van der Waals surface area contributed by atoms with Gasteiger partial charge in [0.25, 0.3) is 0 Å². The van der Waals surface area contributed by atoms with Crippen LogP contribution >= 0.6 is 0 Å². The zero-order valence-electron chi connectivity index (χ0n) is 14.3. The first-order valence-electron chi connectivity index (χ1n) is 8.62. The molecule has 0 aromatic carbocycles. The first-order valence-corrected chi connectivity index (χ1v) is 8.62. The lowest BCUT2D eigenvalue weighted by Crippen LogP contribution is -2.46. The predicted octanol–water partition coefficient (Wildman–Crippen LogP) is 1.78. The van der Waals surface area contributed by atoms with E-state index in [-0.39, 0.29) is 17.6 Å². The zero-order chi connectivity index (χ0) is 16.8. The Hall–Kier alpha value is -1.50. The van der Waals surface area contributed by atoms with E-state index in [0.717, 1.165) is 37.9 Å². The molecule has 6 heteroatoms. The minimum Gasteiger partial charge on any atom is -0.384 e. The quantitative estimate of drug-likeness (QED) is 0.794. The van der Waals surface area contributed by atoms with Crippen LogP contribution in [0.1, 0.15) is 31.2 Å². The number of hydrogen-bond donors (Lipinski definition) is 0.